The van der Waals surface area contributed by atoms with Gasteiger partial charge in [0.25, 0.3) is 0 Å². The molecule has 2 rings (SSSR count). The lowest BCUT2D eigenvalue weighted by molar-refractivity contribution is 0.457. The van der Waals surface area contributed by atoms with Crippen molar-refractivity contribution in [1.82, 2.24) is 0 Å². The van der Waals surface area contributed by atoms with Crippen LogP contribution in [0.4, 0.5) is 0 Å². The number of nitrogens with two attached hydrogens (primary N) is 1. The Balaban J connectivity index is 2.29. The lowest BCUT2D eigenvalue weighted by Crippen LogP contribution is -2.16. The van der Waals surface area contributed by atoms with Gasteiger partial charge >= 0.3 is 0 Å². The molecule has 1 aliphatic carbocycles. The summed E-state index contributed by atoms with van der Waals surface area (Å²) < 4.78 is 0. The van der Waals surface area contributed by atoms with Gasteiger partial charge in [0.2, 0.25) is 0 Å². The maximum Gasteiger partial charge on any atom is 0.0345 e. The van der Waals surface area contributed by atoms with Crippen LogP contribution < -0.4 is 5.73 Å². The Morgan fingerprint density at radius 3 is 2.00 bits per heavy atom. The smallest absolute Gasteiger partial charge is 0.0345 e. The van der Waals surface area contributed by atoms with E-state index in [0.29, 0.717) is 16.7 Å². The van der Waals surface area contributed by atoms with E-state index < -0.39 is 0 Å². The number of thiophene rings is 1. The Labute approximate surface area is 103 Å². The molecule has 0 saturated heterocycles. The van der Waals surface area contributed by atoms with Gasteiger partial charge in [-0.25, -0.2) is 0 Å². The maximum atomic E-state index is 6.47. The van der Waals surface area contributed by atoms with Crippen LogP contribution in [0.5, 0.6) is 0 Å². The molecule has 1 fully saturated rings. The molecule has 2 N–H and O–H groups in total. The van der Waals surface area contributed by atoms with Gasteiger partial charge in [-0.05, 0) is 42.2 Å². The van der Waals surface area contributed by atoms with E-state index in [2.05, 4.69) is 47.6 Å². The van der Waals surface area contributed by atoms with Crippen molar-refractivity contribution in [3.8, 4) is 0 Å². The summed E-state index contributed by atoms with van der Waals surface area (Å²) in [5, 5.41) is 0. The molecular formula is C14H23NS. The predicted molar refractivity (Wildman–Crippen MR) is 71.8 cm³/mol. The zero-order valence-electron chi connectivity index (χ0n) is 11.2. The molecule has 1 aromatic heterocycles. The monoisotopic (exact) mass is 237 g/mol. The Hall–Kier alpha value is -0.340. The van der Waals surface area contributed by atoms with Crippen molar-refractivity contribution in [2.24, 2.45) is 22.5 Å². The average molecular weight is 237 g/mol. The van der Waals surface area contributed by atoms with Crippen LogP contribution in [0.15, 0.2) is 6.07 Å². The minimum atomic E-state index is 0.204. The molecule has 2 heteroatoms. The zero-order chi connectivity index (χ0) is 12.3. The third-order valence-electron chi connectivity index (χ3n) is 4.93. The van der Waals surface area contributed by atoms with Gasteiger partial charge in [-0.1, -0.05) is 27.7 Å². The Kier molecular flexibility index (Phi) is 2.52. The second-order valence-corrected chi connectivity index (χ2v) is 7.78. The molecule has 0 radical (unpaired) electrons. The Bertz CT molecular complexity index is 400. The Morgan fingerprint density at radius 2 is 1.69 bits per heavy atom. The third-order valence-corrected chi connectivity index (χ3v) is 5.91. The molecule has 1 nitrogen and oxygen atoms in total. The highest BCUT2D eigenvalue weighted by Gasteiger charge is 2.66. The van der Waals surface area contributed by atoms with Gasteiger partial charge in [0.15, 0.2) is 0 Å². The molecule has 1 unspecified atom stereocenters. The summed E-state index contributed by atoms with van der Waals surface area (Å²) in [6, 6.07) is 2.48. The SMILES string of the molecule is Cc1cc(C(N)C2C(C)(C)C2(C)C)c(C)s1. The third kappa shape index (κ3) is 1.46. The summed E-state index contributed by atoms with van der Waals surface area (Å²) in [4.78, 5) is 2.77. The van der Waals surface area contributed by atoms with Crippen molar-refractivity contribution in [3.05, 3.63) is 21.4 Å². The van der Waals surface area contributed by atoms with E-state index in [1.54, 1.807) is 0 Å². The first-order valence-corrected chi connectivity index (χ1v) is 6.83. The molecule has 1 saturated carbocycles. The second kappa shape index (κ2) is 3.33. The van der Waals surface area contributed by atoms with Gasteiger partial charge < -0.3 is 5.73 Å². The lowest BCUT2D eigenvalue weighted by Gasteiger charge is -2.13. The zero-order valence-corrected chi connectivity index (χ0v) is 12.0. The summed E-state index contributed by atoms with van der Waals surface area (Å²) in [6.07, 6.45) is 0. The molecule has 0 amide bonds. The van der Waals surface area contributed by atoms with Crippen LogP contribution >= 0.6 is 11.3 Å². The van der Waals surface area contributed by atoms with Gasteiger partial charge in [0.1, 0.15) is 0 Å². The maximum absolute atomic E-state index is 6.47. The van der Waals surface area contributed by atoms with Crippen LogP contribution in [0.2, 0.25) is 0 Å². The largest absolute Gasteiger partial charge is 0.324 e. The van der Waals surface area contributed by atoms with E-state index in [1.165, 1.54) is 15.3 Å². The molecule has 1 aliphatic rings. The number of hydrogen-bond donors (Lipinski definition) is 1. The average Bonchev–Trinajstić information content (AvgIpc) is 2.37. The Morgan fingerprint density at radius 1 is 1.19 bits per heavy atom. The standard InChI is InChI=1S/C14H23NS/c1-8-7-10(9(2)16-8)11(15)12-13(3,4)14(12,5)6/h7,11-12H,15H2,1-6H3. The normalized spacial score (nSPS) is 24.4. The molecule has 0 bridgehead atoms. The van der Waals surface area contributed by atoms with Crippen molar-refractivity contribution in [3.63, 3.8) is 0 Å². The molecule has 90 valence electrons. The van der Waals surface area contributed by atoms with Gasteiger partial charge in [0.05, 0.1) is 0 Å². The minimum Gasteiger partial charge on any atom is -0.324 e. The molecule has 1 heterocycles. The van der Waals surface area contributed by atoms with Gasteiger partial charge in [-0.3, -0.25) is 0 Å². The highest BCUT2D eigenvalue weighted by molar-refractivity contribution is 7.12. The van der Waals surface area contributed by atoms with Crippen molar-refractivity contribution in [2.45, 2.75) is 47.6 Å². The van der Waals surface area contributed by atoms with Crippen LogP contribution in [0, 0.1) is 30.6 Å². The van der Waals surface area contributed by atoms with E-state index in [9.17, 15) is 0 Å². The van der Waals surface area contributed by atoms with Crippen LogP contribution in [0.3, 0.4) is 0 Å². The van der Waals surface area contributed by atoms with Crippen LogP contribution in [0.25, 0.3) is 0 Å². The van der Waals surface area contributed by atoms with Crippen LogP contribution in [-0.4, -0.2) is 0 Å². The number of rotatable bonds is 2. The van der Waals surface area contributed by atoms with E-state index in [-0.39, 0.29) is 6.04 Å². The summed E-state index contributed by atoms with van der Waals surface area (Å²) in [5.41, 5.74) is 8.58. The van der Waals surface area contributed by atoms with Crippen molar-refractivity contribution in [2.75, 3.05) is 0 Å². The van der Waals surface area contributed by atoms with Crippen LogP contribution in [-0.2, 0) is 0 Å². The van der Waals surface area contributed by atoms with Gasteiger partial charge in [-0.15, -0.1) is 11.3 Å². The topological polar surface area (TPSA) is 26.0 Å². The molecular weight excluding hydrogens is 214 g/mol. The van der Waals surface area contributed by atoms with Crippen molar-refractivity contribution in [1.29, 1.82) is 0 Å². The molecule has 0 aromatic carbocycles. The van der Waals surface area contributed by atoms with E-state index in [1.807, 2.05) is 11.3 Å². The summed E-state index contributed by atoms with van der Waals surface area (Å²) in [5.74, 6) is 0.604. The van der Waals surface area contributed by atoms with E-state index in [0.717, 1.165) is 0 Å². The molecule has 1 aromatic rings. The fraction of sp³-hybridized carbons (Fsp3) is 0.714. The minimum absolute atomic E-state index is 0.204. The van der Waals surface area contributed by atoms with E-state index in [4.69, 9.17) is 5.73 Å². The molecule has 0 aliphatic heterocycles. The van der Waals surface area contributed by atoms with Crippen LogP contribution in [0.1, 0.15) is 49.1 Å². The number of aryl methyl sites for hydroxylation is 2. The highest BCUT2D eigenvalue weighted by Crippen LogP contribution is 2.72. The molecule has 16 heavy (non-hydrogen) atoms. The summed E-state index contributed by atoms with van der Waals surface area (Å²) >= 11 is 1.86. The first kappa shape index (κ1) is 12.1. The lowest BCUT2D eigenvalue weighted by atomic mass is 9.98. The first-order chi connectivity index (χ1) is 7.19. The fourth-order valence-electron chi connectivity index (χ4n) is 3.31. The fourth-order valence-corrected chi connectivity index (χ4v) is 4.29. The summed E-state index contributed by atoms with van der Waals surface area (Å²) in [6.45, 7) is 13.7. The quantitative estimate of drug-likeness (QED) is 0.825. The van der Waals surface area contributed by atoms with Crippen molar-refractivity contribution >= 4 is 11.3 Å². The van der Waals surface area contributed by atoms with Gasteiger partial charge in [0, 0.05) is 15.8 Å². The van der Waals surface area contributed by atoms with Crippen molar-refractivity contribution < 1.29 is 0 Å². The highest BCUT2D eigenvalue weighted by atomic mass is 32.1. The van der Waals surface area contributed by atoms with Gasteiger partial charge in [-0.2, -0.15) is 0 Å². The number of hydrogen-bond acceptors (Lipinski definition) is 2. The predicted octanol–water partition coefficient (Wildman–Crippen LogP) is 4.05. The molecule has 1 atom stereocenters. The van der Waals surface area contributed by atoms with E-state index >= 15 is 0 Å². The molecule has 0 spiro atoms. The second-order valence-electron chi connectivity index (χ2n) is 6.32. The summed E-state index contributed by atoms with van der Waals surface area (Å²) in [7, 11) is 0. The first-order valence-electron chi connectivity index (χ1n) is 6.02.